The van der Waals surface area contributed by atoms with Crippen molar-refractivity contribution in [3.63, 3.8) is 0 Å². The van der Waals surface area contributed by atoms with Crippen LogP contribution in [0.4, 0.5) is 17.1 Å². The molecule has 0 atom stereocenters. The van der Waals surface area contributed by atoms with E-state index in [1.807, 2.05) is 0 Å². The Morgan fingerprint density at radius 1 is 0.418 bits per heavy atom. The summed E-state index contributed by atoms with van der Waals surface area (Å²) >= 11 is 0. The Hall–Kier alpha value is -7.94. The molecule has 0 unspecified atom stereocenters. The zero-order valence-corrected chi connectivity index (χ0v) is 37.4. The fraction of sp³-hybridized carbons (Fsp3) is 0.108. The summed E-state index contributed by atoms with van der Waals surface area (Å²) in [7, 11) is 0. The molecule has 0 amide bonds. The minimum Gasteiger partial charge on any atom is -0.456 e. The molecule has 0 aliphatic heterocycles. The quantitative estimate of drug-likeness (QED) is 0.151. The molecule has 2 aliphatic carbocycles. The van der Waals surface area contributed by atoms with Crippen LogP contribution in [0.1, 0.15) is 65.8 Å². The SMILES string of the molecule is c1ccc(-c2c(-c3ccc(N(c4ccc5c(c4)C(c4ccccc4)(c4ccccc4)c4cccc(C6CCCCC6)c4-5)c4cccc5oc6ccccc6c45)cc3)ccc3ccccc23)cc1. The molecular weight excluding hydrogens is 811 g/mol. The van der Waals surface area contributed by atoms with Gasteiger partial charge in [-0.05, 0) is 133 Å². The van der Waals surface area contributed by atoms with Gasteiger partial charge in [0.25, 0.3) is 0 Å². The van der Waals surface area contributed by atoms with Crippen LogP contribution < -0.4 is 4.90 Å². The average molecular weight is 860 g/mol. The van der Waals surface area contributed by atoms with E-state index in [1.54, 1.807) is 0 Å². The van der Waals surface area contributed by atoms with Gasteiger partial charge in [-0.15, -0.1) is 0 Å². The summed E-state index contributed by atoms with van der Waals surface area (Å²) in [6, 6.07) is 85.4. The van der Waals surface area contributed by atoms with Crippen molar-refractivity contribution in [3.05, 3.63) is 258 Å². The van der Waals surface area contributed by atoms with Crippen molar-refractivity contribution in [2.75, 3.05) is 4.90 Å². The van der Waals surface area contributed by atoms with Crippen LogP contribution >= 0.6 is 0 Å². The first kappa shape index (κ1) is 39.4. The van der Waals surface area contributed by atoms with Crippen molar-refractivity contribution in [1.82, 2.24) is 0 Å². The molecule has 0 spiro atoms. The summed E-state index contributed by atoms with van der Waals surface area (Å²) in [6.45, 7) is 0. The zero-order chi connectivity index (χ0) is 44.3. The highest BCUT2D eigenvalue weighted by molar-refractivity contribution is 6.13. The lowest BCUT2D eigenvalue weighted by molar-refractivity contribution is 0.444. The van der Waals surface area contributed by atoms with Crippen LogP contribution in [-0.4, -0.2) is 0 Å². The van der Waals surface area contributed by atoms with Crippen LogP contribution in [0.5, 0.6) is 0 Å². The van der Waals surface area contributed by atoms with Gasteiger partial charge in [-0.3, -0.25) is 0 Å². The summed E-state index contributed by atoms with van der Waals surface area (Å²) in [5, 5.41) is 4.69. The highest BCUT2D eigenvalue weighted by atomic mass is 16.3. The van der Waals surface area contributed by atoms with Gasteiger partial charge in [0.2, 0.25) is 0 Å². The maximum atomic E-state index is 6.59. The van der Waals surface area contributed by atoms with E-state index in [1.165, 1.54) is 104 Å². The summed E-state index contributed by atoms with van der Waals surface area (Å²) in [5.41, 5.74) is 18.8. The zero-order valence-electron chi connectivity index (χ0n) is 37.4. The van der Waals surface area contributed by atoms with Gasteiger partial charge in [-0.1, -0.05) is 207 Å². The number of furan rings is 1. The van der Waals surface area contributed by atoms with Gasteiger partial charge in [0, 0.05) is 16.8 Å². The van der Waals surface area contributed by atoms with E-state index < -0.39 is 5.41 Å². The molecule has 1 heterocycles. The minimum absolute atomic E-state index is 0.540. The minimum atomic E-state index is -0.540. The maximum absolute atomic E-state index is 6.59. The number of nitrogens with zero attached hydrogens (tertiary/aromatic N) is 1. The lowest BCUT2D eigenvalue weighted by Gasteiger charge is -2.35. The Morgan fingerprint density at radius 2 is 1.04 bits per heavy atom. The molecule has 11 aromatic rings. The molecular formula is C65H49NO. The van der Waals surface area contributed by atoms with Crippen LogP contribution in [0.2, 0.25) is 0 Å². The molecule has 10 aromatic carbocycles. The van der Waals surface area contributed by atoms with Gasteiger partial charge >= 0.3 is 0 Å². The molecule has 0 N–H and O–H groups in total. The van der Waals surface area contributed by atoms with Crippen LogP contribution in [0.25, 0.3) is 66.1 Å². The largest absolute Gasteiger partial charge is 0.456 e. The predicted molar refractivity (Wildman–Crippen MR) is 280 cm³/mol. The van der Waals surface area contributed by atoms with Gasteiger partial charge in [-0.25, -0.2) is 0 Å². The number of hydrogen-bond donors (Lipinski definition) is 0. The highest BCUT2D eigenvalue weighted by Gasteiger charge is 2.47. The van der Waals surface area contributed by atoms with E-state index in [0.717, 1.165) is 39.0 Å². The molecule has 2 nitrogen and oxygen atoms in total. The smallest absolute Gasteiger partial charge is 0.137 e. The first-order valence-corrected chi connectivity index (χ1v) is 24.0. The molecule has 1 aromatic heterocycles. The molecule has 2 heteroatoms. The standard InChI is InChI=1S/C65H49NO/c1-5-19-44(20-6-1)53-30-17-31-57-63(53)55-42-40-51(43-58(55)65(57,48-24-9-3-10-25-48)49-26-11-4-12-27-49)66(59-32-18-34-61-64(59)56-29-15-16-33-60(56)67-61)50-38-35-46(36-39-50)54-41-37-45-21-13-14-28-52(45)62(54)47-22-7-2-8-23-47/h2-4,7-18,21-44H,1,5-6,19-20H2. The molecule has 2 aliphatic rings. The normalized spacial score (nSPS) is 14.3. The molecule has 67 heavy (non-hydrogen) atoms. The number of anilines is 3. The van der Waals surface area contributed by atoms with E-state index in [-0.39, 0.29) is 0 Å². The van der Waals surface area contributed by atoms with E-state index in [0.29, 0.717) is 5.92 Å². The third kappa shape index (κ3) is 6.31. The van der Waals surface area contributed by atoms with E-state index in [4.69, 9.17) is 4.42 Å². The van der Waals surface area contributed by atoms with Crippen LogP contribution in [0, 0.1) is 0 Å². The number of rotatable bonds is 8. The molecule has 1 saturated carbocycles. The van der Waals surface area contributed by atoms with Crippen molar-refractivity contribution in [2.24, 2.45) is 0 Å². The van der Waals surface area contributed by atoms with Gasteiger partial charge in [0.15, 0.2) is 0 Å². The third-order valence-electron chi connectivity index (χ3n) is 14.9. The van der Waals surface area contributed by atoms with Gasteiger partial charge < -0.3 is 9.32 Å². The van der Waals surface area contributed by atoms with Crippen molar-refractivity contribution in [2.45, 2.75) is 43.4 Å². The van der Waals surface area contributed by atoms with Crippen molar-refractivity contribution in [1.29, 1.82) is 0 Å². The second kappa shape index (κ2) is 16.2. The first-order valence-electron chi connectivity index (χ1n) is 24.0. The number of hydrogen-bond acceptors (Lipinski definition) is 2. The Kier molecular flexibility index (Phi) is 9.53. The number of para-hydroxylation sites is 1. The molecule has 0 saturated heterocycles. The number of benzene rings is 10. The predicted octanol–water partition coefficient (Wildman–Crippen LogP) is 18.0. The molecule has 320 valence electrons. The van der Waals surface area contributed by atoms with Crippen molar-refractivity contribution in [3.8, 4) is 33.4 Å². The van der Waals surface area contributed by atoms with E-state index in [9.17, 15) is 0 Å². The highest BCUT2D eigenvalue weighted by Crippen LogP contribution is 2.60. The average Bonchev–Trinajstić information content (AvgIpc) is 3.94. The van der Waals surface area contributed by atoms with Crippen molar-refractivity contribution >= 4 is 49.8 Å². The van der Waals surface area contributed by atoms with Gasteiger partial charge in [0.1, 0.15) is 11.2 Å². The van der Waals surface area contributed by atoms with Gasteiger partial charge in [-0.2, -0.15) is 0 Å². The van der Waals surface area contributed by atoms with E-state index >= 15 is 0 Å². The van der Waals surface area contributed by atoms with Crippen LogP contribution in [-0.2, 0) is 5.41 Å². The maximum Gasteiger partial charge on any atom is 0.137 e. The second-order valence-electron chi connectivity index (χ2n) is 18.5. The molecule has 0 radical (unpaired) electrons. The lowest BCUT2D eigenvalue weighted by Crippen LogP contribution is -2.29. The van der Waals surface area contributed by atoms with E-state index in [2.05, 4.69) is 235 Å². The Morgan fingerprint density at radius 3 is 1.81 bits per heavy atom. The molecule has 0 bridgehead atoms. The summed E-state index contributed by atoms with van der Waals surface area (Å²) in [4.78, 5) is 2.47. The topological polar surface area (TPSA) is 16.4 Å². The summed E-state index contributed by atoms with van der Waals surface area (Å²) < 4.78 is 6.59. The molecule has 13 rings (SSSR count). The van der Waals surface area contributed by atoms with Gasteiger partial charge in [0.05, 0.1) is 16.5 Å². The number of fused-ring (bicyclic) bond motifs is 7. The van der Waals surface area contributed by atoms with Crippen LogP contribution in [0.3, 0.4) is 0 Å². The van der Waals surface area contributed by atoms with Crippen LogP contribution in [0.15, 0.2) is 235 Å². The fourth-order valence-corrected chi connectivity index (χ4v) is 12.0. The monoisotopic (exact) mass is 859 g/mol. The Bertz CT molecular complexity index is 3560. The van der Waals surface area contributed by atoms with Crippen molar-refractivity contribution < 1.29 is 4.42 Å². The summed E-state index contributed by atoms with van der Waals surface area (Å²) in [5.74, 6) is 0.547. The lowest BCUT2D eigenvalue weighted by atomic mass is 9.67. The Balaban J connectivity index is 1.06. The third-order valence-corrected chi connectivity index (χ3v) is 14.9. The Labute approximate surface area is 392 Å². The molecule has 1 fully saturated rings. The summed E-state index contributed by atoms with van der Waals surface area (Å²) in [6.07, 6.45) is 6.39. The second-order valence-corrected chi connectivity index (χ2v) is 18.5. The fourth-order valence-electron chi connectivity index (χ4n) is 12.0. The first-order chi connectivity index (χ1) is 33.3.